The van der Waals surface area contributed by atoms with Crippen molar-refractivity contribution in [3.63, 3.8) is 0 Å². The number of nitrogen functional groups attached to an aromatic ring is 1. The topological polar surface area (TPSA) is 110 Å². The number of likely N-dealkylation sites (tertiary alicyclic amines) is 1. The lowest BCUT2D eigenvalue weighted by molar-refractivity contribution is 0.352. The van der Waals surface area contributed by atoms with Gasteiger partial charge in [0, 0.05) is 25.5 Å². The van der Waals surface area contributed by atoms with Crippen LogP contribution in [0.1, 0.15) is 12.8 Å². The molecule has 1 aliphatic rings. The molecule has 0 amide bonds. The fourth-order valence-electron chi connectivity index (χ4n) is 2.33. The second-order valence-electron chi connectivity index (χ2n) is 4.85. The zero-order valence-electron chi connectivity index (χ0n) is 11.7. The van der Waals surface area contributed by atoms with Gasteiger partial charge in [0.1, 0.15) is 0 Å². The van der Waals surface area contributed by atoms with E-state index in [2.05, 4.69) is 35.7 Å². The van der Waals surface area contributed by atoms with Crippen molar-refractivity contribution in [2.45, 2.75) is 12.8 Å². The minimum absolute atomic E-state index is 0.305. The first-order valence-corrected chi connectivity index (χ1v) is 7.04. The first-order valence-electron chi connectivity index (χ1n) is 7.04. The van der Waals surface area contributed by atoms with E-state index in [0.29, 0.717) is 17.8 Å². The molecule has 1 aliphatic heterocycles. The predicted octanol–water partition coefficient (Wildman–Crippen LogP) is -0.149. The summed E-state index contributed by atoms with van der Waals surface area (Å²) in [6, 6.07) is 1.81. The van der Waals surface area contributed by atoms with Gasteiger partial charge in [-0.2, -0.15) is 20.1 Å². The predicted molar refractivity (Wildman–Crippen MR) is 78.9 cm³/mol. The van der Waals surface area contributed by atoms with Gasteiger partial charge in [-0.25, -0.2) is 10.5 Å². The van der Waals surface area contributed by atoms with Crippen molar-refractivity contribution in [3.8, 4) is 5.95 Å². The van der Waals surface area contributed by atoms with Crippen LogP contribution in [0.5, 0.6) is 0 Å². The summed E-state index contributed by atoms with van der Waals surface area (Å²) in [4.78, 5) is 15.1. The van der Waals surface area contributed by atoms with E-state index in [9.17, 15) is 0 Å². The van der Waals surface area contributed by atoms with Gasteiger partial charge >= 0.3 is 0 Å². The van der Waals surface area contributed by atoms with Crippen molar-refractivity contribution in [3.05, 3.63) is 18.5 Å². The van der Waals surface area contributed by atoms with Crippen molar-refractivity contribution >= 4 is 11.9 Å². The number of nitrogens with zero attached hydrogens (tertiary/aromatic N) is 6. The summed E-state index contributed by atoms with van der Waals surface area (Å²) in [5, 5.41) is 7.31. The van der Waals surface area contributed by atoms with E-state index in [-0.39, 0.29) is 0 Å². The van der Waals surface area contributed by atoms with E-state index in [1.165, 1.54) is 25.9 Å². The quantitative estimate of drug-likeness (QED) is 0.497. The number of nitrogens with two attached hydrogens (primary N) is 1. The van der Waals surface area contributed by atoms with Crippen LogP contribution in [0.25, 0.3) is 5.95 Å². The lowest BCUT2D eigenvalue weighted by Crippen LogP contribution is -2.26. The molecule has 9 nitrogen and oxygen atoms in total. The average Bonchev–Trinajstić information content (AvgIpc) is 3.20. The van der Waals surface area contributed by atoms with E-state index in [4.69, 9.17) is 5.84 Å². The molecule has 2 aromatic heterocycles. The summed E-state index contributed by atoms with van der Waals surface area (Å²) in [6.07, 6.45) is 6.01. The molecular weight excluding hydrogens is 270 g/mol. The van der Waals surface area contributed by atoms with E-state index >= 15 is 0 Å². The maximum atomic E-state index is 5.40. The van der Waals surface area contributed by atoms with Gasteiger partial charge in [0.15, 0.2) is 0 Å². The Kier molecular flexibility index (Phi) is 4.22. The van der Waals surface area contributed by atoms with E-state index < -0.39 is 0 Å². The molecule has 1 saturated heterocycles. The van der Waals surface area contributed by atoms with Crippen molar-refractivity contribution in [1.82, 2.24) is 29.6 Å². The van der Waals surface area contributed by atoms with Crippen LogP contribution in [0.2, 0.25) is 0 Å². The second kappa shape index (κ2) is 6.46. The van der Waals surface area contributed by atoms with Gasteiger partial charge in [0.05, 0.1) is 0 Å². The van der Waals surface area contributed by atoms with E-state index in [0.717, 1.165) is 13.1 Å². The van der Waals surface area contributed by atoms with Crippen LogP contribution in [-0.2, 0) is 0 Å². The molecule has 3 heterocycles. The minimum atomic E-state index is 0.305. The number of hydrazine groups is 1. The number of anilines is 2. The standard InChI is InChI=1S/C12H19N9/c13-19-11-16-10(14-5-9-20-6-1-2-7-20)17-12(18-11)21-8-3-4-15-21/h3-4,8H,1-2,5-7,9,13H2,(H2,14,16,17,18,19). The third kappa shape index (κ3) is 3.44. The van der Waals surface area contributed by atoms with Crippen LogP contribution >= 0.6 is 0 Å². The Morgan fingerprint density at radius 1 is 1.14 bits per heavy atom. The van der Waals surface area contributed by atoms with Crippen molar-refractivity contribution < 1.29 is 0 Å². The maximum absolute atomic E-state index is 5.40. The molecule has 0 unspecified atom stereocenters. The molecule has 4 N–H and O–H groups in total. The Hall–Kier alpha value is -2.26. The summed E-state index contributed by atoms with van der Waals surface area (Å²) in [7, 11) is 0. The van der Waals surface area contributed by atoms with Crippen molar-refractivity contribution in [2.24, 2.45) is 5.84 Å². The van der Waals surface area contributed by atoms with Crippen LogP contribution in [0.4, 0.5) is 11.9 Å². The smallest absolute Gasteiger partial charge is 0.257 e. The third-order valence-electron chi connectivity index (χ3n) is 3.37. The van der Waals surface area contributed by atoms with E-state index in [1.54, 1.807) is 23.1 Å². The van der Waals surface area contributed by atoms with Crippen LogP contribution < -0.4 is 16.6 Å². The zero-order valence-corrected chi connectivity index (χ0v) is 11.7. The van der Waals surface area contributed by atoms with Gasteiger partial charge in [0.25, 0.3) is 5.95 Å². The number of hydrogen-bond acceptors (Lipinski definition) is 8. The normalized spacial score (nSPS) is 15.3. The first kappa shape index (κ1) is 13.7. The van der Waals surface area contributed by atoms with Crippen molar-refractivity contribution in [1.29, 1.82) is 0 Å². The highest BCUT2D eigenvalue weighted by Gasteiger charge is 2.11. The van der Waals surface area contributed by atoms with Crippen LogP contribution in [-0.4, -0.2) is 55.8 Å². The van der Waals surface area contributed by atoms with Gasteiger partial charge in [-0.3, -0.25) is 5.43 Å². The lowest BCUT2D eigenvalue weighted by atomic mass is 10.4. The molecular formula is C12H19N9. The molecule has 0 radical (unpaired) electrons. The molecule has 0 spiro atoms. The molecule has 0 aliphatic carbocycles. The summed E-state index contributed by atoms with van der Waals surface area (Å²) in [6.45, 7) is 4.11. The Morgan fingerprint density at radius 2 is 1.95 bits per heavy atom. The number of rotatable bonds is 6. The van der Waals surface area contributed by atoms with Crippen molar-refractivity contribution in [2.75, 3.05) is 36.9 Å². The SMILES string of the molecule is NNc1nc(NCCN2CCCC2)nc(-n2cccn2)n1. The van der Waals surface area contributed by atoms with Gasteiger partial charge in [-0.1, -0.05) is 0 Å². The third-order valence-corrected chi connectivity index (χ3v) is 3.37. The Balaban J connectivity index is 1.67. The maximum Gasteiger partial charge on any atom is 0.257 e. The molecule has 2 aromatic rings. The summed E-state index contributed by atoms with van der Waals surface area (Å²) in [5.74, 6) is 6.62. The molecule has 1 fully saturated rings. The monoisotopic (exact) mass is 289 g/mol. The van der Waals surface area contributed by atoms with E-state index in [1.807, 2.05) is 0 Å². The van der Waals surface area contributed by atoms with Crippen LogP contribution in [0.3, 0.4) is 0 Å². The fraction of sp³-hybridized carbons (Fsp3) is 0.500. The molecule has 112 valence electrons. The molecule has 0 bridgehead atoms. The Bertz CT molecular complexity index is 562. The molecule has 0 aromatic carbocycles. The minimum Gasteiger partial charge on any atom is -0.353 e. The highest BCUT2D eigenvalue weighted by Crippen LogP contribution is 2.09. The second-order valence-corrected chi connectivity index (χ2v) is 4.85. The molecule has 9 heteroatoms. The highest BCUT2D eigenvalue weighted by molar-refractivity contribution is 5.36. The Morgan fingerprint density at radius 3 is 2.67 bits per heavy atom. The highest BCUT2D eigenvalue weighted by atomic mass is 15.4. The molecule has 0 atom stereocenters. The molecule has 21 heavy (non-hydrogen) atoms. The number of aromatic nitrogens is 5. The Labute approximate surface area is 122 Å². The average molecular weight is 289 g/mol. The molecule has 0 saturated carbocycles. The summed E-state index contributed by atoms with van der Waals surface area (Å²) < 4.78 is 1.56. The van der Waals surface area contributed by atoms with Crippen LogP contribution in [0, 0.1) is 0 Å². The first-order chi connectivity index (χ1) is 10.3. The van der Waals surface area contributed by atoms with Gasteiger partial charge < -0.3 is 10.2 Å². The van der Waals surface area contributed by atoms with Gasteiger partial charge in [0.2, 0.25) is 11.9 Å². The molecule has 3 rings (SSSR count). The number of hydrogen-bond donors (Lipinski definition) is 3. The summed E-state index contributed by atoms with van der Waals surface area (Å²) in [5.41, 5.74) is 2.45. The zero-order chi connectivity index (χ0) is 14.5. The summed E-state index contributed by atoms with van der Waals surface area (Å²) >= 11 is 0. The largest absolute Gasteiger partial charge is 0.353 e. The van der Waals surface area contributed by atoms with Crippen LogP contribution in [0.15, 0.2) is 18.5 Å². The number of nitrogens with one attached hydrogen (secondary N) is 2. The van der Waals surface area contributed by atoms with Gasteiger partial charge in [-0.05, 0) is 32.0 Å². The lowest BCUT2D eigenvalue weighted by Gasteiger charge is -2.15. The van der Waals surface area contributed by atoms with Gasteiger partial charge in [-0.15, -0.1) is 0 Å². The fourth-order valence-corrected chi connectivity index (χ4v) is 2.33.